The van der Waals surface area contributed by atoms with Gasteiger partial charge in [-0.1, -0.05) is 0 Å². The number of aromatic nitrogens is 1. The van der Waals surface area contributed by atoms with E-state index in [1.165, 1.54) is 19.4 Å². The van der Waals surface area contributed by atoms with Gasteiger partial charge in [-0.2, -0.15) is 0 Å². The Morgan fingerprint density at radius 1 is 1.75 bits per heavy atom. The lowest BCUT2D eigenvalue weighted by atomic mass is 10.4. The first-order valence-corrected chi connectivity index (χ1v) is 3.09. The average molecular weight is 169 g/mol. The molecule has 0 saturated heterocycles. The fourth-order valence-corrected chi connectivity index (χ4v) is 0.740. The zero-order valence-electron chi connectivity index (χ0n) is 6.35. The maximum atomic E-state index is 10.3. The molecule has 0 amide bonds. The molecular weight excluding hydrogens is 162 g/mol. The summed E-state index contributed by atoms with van der Waals surface area (Å²) in [4.78, 5) is 13.2. The first-order valence-electron chi connectivity index (χ1n) is 3.09. The van der Waals surface area contributed by atoms with Gasteiger partial charge in [0.25, 0.3) is 0 Å². The number of rotatable bonds is 2. The Labute approximate surface area is 68.1 Å². The van der Waals surface area contributed by atoms with Crippen molar-refractivity contribution in [3.8, 4) is 5.75 Å². The van der Waals surface area contributed by atoms with Gasteiger partial charge in [0, 0.05) is 6.07 Å². The number of ether oxygens (including phenoxy) is 1. The Morgan fingerprint density at radius 2 is 2.42 bits per heavy atom. The topological polar surface area (TPSA) is 91.3 Å². The average Bonchev–Trinajstić information content (AvgIpc) is 2.03. The van der Waals surface area contributed by atoms with E-state index in [0.717, 1.165) is 0 Å². The van der Waals surface area contributed by atoms with Gasteiger partial charge in [-0.25, -0.2) is 0 Å². The van der Waals surface area contributed by atoms with Crippen LogP contribution in [0, 0.1) is 10.1 Å². The molecule has 0 atom stereocenters. The number of nitrogens with zero attached hydrogens (tertiary/aromatic N) is 2. The second kappa shape index (κ2) is 3.04. The monoisotopic (exact) mass is 169 g/mol. The molecule has 0 aliphatic carbocycles. The number of nitro groups is 1. The van der Waals surface area contributed by atoms with E-state index in [1.54, 1.807) is 0 Å². The van der Waals surface area contributed by atoms with Crippen LogP contribution in [0.15, 0.2) is 12.3 Å². The lowest BCUT2D eigenvalue weighted by Gasteiger charge is -2.00. The molecule has 0 unspecified atom stereocenters. The highest BCUT2D eigenvalue weighted by Crippen LogP contribution is 2.24. The molecule has 0 radical (unpaired) electrons. The lowest BCUT2D eigenvalue weighted by Crippen LogP contribution is -1.98. The van der Waals surface area contributed by atoms with Gasteiger partial charge in [-0.3, -0.25) is 0 Å². The number of methoxy groups -OCH3 is 1. The highest BCUT2D eigenvalue weighted by molar-refractivity contribution is 5.49. The fourth-order valence-electron chi connectivity index (χ4n) is 0.740. The van der Waals surface area contributed by atoms with Gasteiger partial charge in [-0.15, -0.1) is 0 Å². The van der Waals surface area contributed by atoms with Crippen LogP contribution in [0.2, 0.25) is 0 Å². The van der Waals surface area contributed by atoms with Crippen LogP contribution in [-0.2, 0) is 0 Å². The van der Waals surface area contributed by atoms with Crippen LogP contribution in [0.1, 0.15) is 0 Å². The summed E-state index contributed by atoms with van der Waals surface area (Å²) in [6.45, 7) is 0. The standard InChI is InChI=1S/C6H7N3O3/c1-12-5-2-4(7)3-8-6(5)9(10)11/h2-3H,7H2,1H3. The molecule has 0 aromatic carbocycles. The summed E-state index contributed by atoms with van der Waals surface area (Å²) < 4.78 is 4.70. The number of hydrogen-bond donors (Lipinski definition) is 1. The van der Waals surface area contributed by atoms with Crippen LogP contribution < -0.4 is 10.5 Å². The van der Waals surface area contributed by atoms with Crippen LogP contribution in [0.5, 0.6) is 5.75 Å². The van der Waals surface area contributed by atoms with E-state index >= 15 is 0 Å². The summed E-state index contributed by atoms with van der Waals surface area (Å²) in [6, 6.07) is 1.35. The second-order valence-corrected chi connectivity index (χ2v) is 2.05. The van der Waals surface area contributed by atoms with E-state index in [9.17, 15) is 10.1 Å². The Balaban J connectivity index is 3.20. The lowest BCUT2D eigenvalue weighted by molar-refractivity contribution is -0.390. The van der Waals surface area contributed by atoms with Crippen molar-refractivity contribution in [2.24, 2.45) is 0 Å². The molecule has 0 bridgehead atoms. The quantitative estimate of drug-likeness (QED) is 0.516. The molecule has 1 heterocycles. The van der Waals surface area contributed by atoms with Crippen molar-refractivity contribution in [3.63, 3.8) is 0 Å². The SMILES string of the molecule is COc1cc(N)cnc1[N+](=O)[O-]. The van der Waals surface area contributed by atoms with Crippen LogP contribution in [0.3, 0.4) is 0 Å². The number of nitrogens with two attached hydrogens (primary N) is 1. The maximum Gasteiger partial charge on any atom is 0.406 e. The van der Waals surface area contributed by atoms with Crippen molar-refractivity contribution < 1.29 is 9.66 Å². The van der Waals surface area contributed by atoms with Gasteiger partial charge in [0.2, 0.25) is 5.75 Å². The minimum atomic E-state index is -0.627. The predicted octanol–water partition coefficient (Wildman–Crippen LogP) is 0.581. The minimum Gasteiger partial charge on any atom is -0.489 e. The molecule has 12 heavy (non-hydrogen) atoms. The van der Waals surface area contributed by atoms with Crippen LogP contribution in [-0.4, -0.2) is 17.0 Å². The molecule has 0 spiro atoms. The van der Waals surface area contributed by atoms with E-state index in [1.807, 2.05) is 0 Å². The molecule has 6 nitrogen and oxygen atoms in total. The van der Waals surface area contributed by atoms with Crippen molar-refractivity contribution >= 4 is 11.5 Å². The van der Waals surface area contributed by atoms with Crippen molar-refractivity contribution in [2.75, 3.05) is 12.8 Å². The van der Waals surface area contributed by atoms with E-state index < -0.39 is 4.92 Å². The van der Waals surface area contributed by atoms with Crippen molar-refractivity contribution in [1.82, 2.24) is 4.98 Å². The van der Waals surface area contributed by atoms with E-state index in [0.29, 0.717) is 5.69 Å². The molecule has 1 aromatic rings. The summed E-state index contributed by atoms with van der Waals surface area (Å²) in [5.74, 6) is -0.258. The molecule has 6 heteroatoms. The number of hydrogen-bond acceptors (Lipinski definition) is 5. The van der Waals surface area contributed by atoms with Crippen LogP contribution >= 0.6 is 0 Å². The van der Waals surface area contributed by atoms with Crippen molar-refractivity contribution in [1.29, 1.82) is 0 Å². The highest BCUT2D eigenvalue weighted by atomic mass is 16.6. The van der Waals surface area contributed by atoms with Gasteiger partial charge in [-0.05, 0) is 9.91 Å². The number of nitrogen functional groups attached to an aromatic ring is 1. The molecule has 0 aliphatic heterocycles. The smallest absolute Gasteiger partial charge is 0.406 e. The van der Waals surface area contributed by atoms with E-state index in [4.69, 9.17) is 10.5 Å². The molecule has 1 aromatic heterocycles. The predicted molar refractivity (Wildman–Crippen MR) is 41.9 cm³/mol. The first kappa shape index (κ1) is 8.25. The van der Waals surface area contributed by atoms with Gasteiger partial charge in [0.15, 0.2) is 6.20 Å². The van der Waals surface area contributed by atoms with Gasteiger partial charge >= 0.3 is 5.82 Å². The van der Waals surface area contributed by atoms with Crippen LogP contribution in [0.25, 0.3) is 0 Å². The third-order valence-electron chi connectivity index (χ3n) is 1.25. The second-order valence-electron chi connectivity index (χ2n) is 2.05. The molecule has 0 aliphatic rings. The third kappa shape index (κ3) is 1.42. The Morgan fingerprint density at radius 3 is 2.92 bits per heavy atom. The maximum absolute atomic E-state index is 10.3. The molecule has 64 valence electrons. The molecular formula is C6H7N3O3. The Hall–Kier alpha value is -1.85. The summed E-state index contributed by atoms with van der Waals surface area (Å²) >= 11 is 0. The summed E-state index contributed by atoms with van der Waals surface area (Å²) in [5, 5.41) is 10.3. The normalized spacial score (nSPS) is 9.42. The first-order chi connectivity index (χ1) is 5.65. The largest absolute Gasteiger partial charge is 0.489 e. The zero-order chi connectivity index (χ0) is 9.14. The summed E-state index contributed by atoms with van der Waals surface area (Å²) in [6.07, 6.45) is 1.21. The number of anilines is 1. The van der Waals surface area contributed by atoms with E-state index in [-0.39, 0.29) is 11.6 Å². The third-order valence-corrected chi connectivity index (χ3v) is 1.25. The molecule has 0 saturated carbocycles. The van der Waals surface area contributed by atoms with Gasteiger partial charge in [0.1, 0.15) is 0 Å². The van der Waals surface area contributed by atoms with E-state index in [2.05, 4.69) is 4.98 Å². The van der Waals surface area contributed by atoms with Gasteiger partial charge in [0.05, 0.1) is 12.8 Å². The van der Waals surface area contributed by atoms with Crippen molar-refractivity contribution in [2.45, 2.75) is 0 Å². The Kier molecular flexibility index (Phi) is 2.09. The Bertz CT molecular complexity index is 313. The highest BCUT2D eigenvalue weighted by Gasteiger charge is 2.15. The van der Waals surface area contributed by atoms with Crippen LogP contribution in [0.4, 0.5) is 11.5 Å². The minimum absolute atomic E-state index is 0.0694. The molecule has 1 rings (SSSR count). The van der Waals surface area contributed by atoms with Gasteiger partial charge < -0.3 is 20.6 Å². The molecule has 2 N–H and O–H groups in total. The summed E-state index contributed by atoms with van der Waals surface area (Å²) in [5.41, 5.74) is 5.67. The van der Waals surface area contributed by atoms with Crippen molar-refractivity contribution in [3.05, 3.63) is 22.4 Å². The summed E-state index contributed by atoms with van der Waals surface area (Å²) in [7, 11) is 1.32. The molecule has 0 fully saturated rings. The fraction of sp³-hybridized carbons (Fsp3) is 0.167. The number of pyridine rings is 1. The zero-order valence-corrected chi connectivity index (χ0v) is 6.35.